The second-order valence-corrected chi connectivity index (χ2v) is 3.50. The van der Waals surface area contributed by atoms with E-state index < -0.39 is 0 Å². The number of nitrogens with one attached hydrogen (secondary N) is 1. The predicted molar refractivity (Wildman–Crippen MR) is 68.6 cm³/mol. The molecule has 0 aromatic carbocycles. The van der Waals surface area contributed by atoms with E-state index >= 15 is 0 Å². The van der Waals surface area contributed by atoms with Gasteiger partial charge in [0, 0.05) is 26.3 Å². The van der Waals surface area contributed by atoms with Gasteiger partial charge in [-0.05, 0) is 0 Å². The minimum absolute atomic E-state index is 0.125. The largest absolute Gasteiger partial charge is 0.383 e. The van der Waals surface area contributed by atoms with Gasteiger partial charge < -0.3 is 20.8 Å². The Kier molecular flexibility index (Phi) is 5.63. The molecule has 0 aliphatic heterocycles. The molecule has 18 heavy (non-hydrogen) atoms. The van der Waals surface area contributed by atoms with Gasteiger partial charge in [-0.25, -0.2) is 5.84 Å². The quantitative estimate of drug-likeness (QED) is 0.446. The molecule has 0 aliphatic carbocycles. The molecule has 0 aliphatic rings. The Balaban J connectivity index is 2.88. The van der Waals surface area contributed by atoms with Crippen LogP contribution in [-0.4, -0.2) is 36.8 Å². The Morgan fingerprint density at radius 2 is 2.28 bits per heavy atom. The van der Waals surface area contributed by atoms with E-state index in [0.717, 1.165) is 0 Å². The van der Waals surface area contributed by atoms with Crippen LogP contribution < -0.4 is 21.9 Å². The number of nitrogen functional groups attached to an aromatic ring is 2. The summed E-state index contributed by atoms with van der Waals surface area (Å²) in [5.41, 5.74) is 8.01. The van der Waals surface area contributed by atoms with Crippen LogP contribution in [0.3, 0.4) is 0 Å². The number of nitriles is 1. The van der Waals surface area contributed by atoms with Crippen molar-refractivity contribution in [3.63, 3.8) is 0 Å². The highest BCUT2D eigenvalue weighted by Crippen LogP contribution is 2.16. The molecule has 1 rings (SSSR count). The van der Waals surface area contributed by atoms with Crippen molar-refractivity contribution in [1.29, 1.82) is 5.26 Å². The van der Waals surface area contributed by atoms with Gasteiger partial charge in [-0.3, -0.25) is 0 Å². The van der Waals surface area contributed by atoms with Crippen molar-refractivity contribution in [3.05, 3.63) is 6.07 Å². The van der Waals surface area contributed by atoms with Crippen molar-refractivity contribution in [1.82, 2.24) is 9.97 Å². The molecule has 8 nitrogen and oxygen atoms in total. The lowest BCUT2D eigenvalue weighted by Gasteiger charge is -2.22. The van der Waals surface area contributed by atoms with Crippen LogP contribution in [0.4, 0.5) is 17.6 Å². The zero-order valence-corrected chi connectivity index (χ0v) is 10.3. The Bertz CT molecular complexity index is 417. The van der Waals surface area contributed by atoms with Crippen LogP contribution in [0, 0.1) is 11.3 Å². The van der Waals surface area contributed by atoms with Crippen LogP contribution in [-0.2, 0) is 4.74 Å². The van der Waals surface area contributed by atoms with E-state index in [1.54, 1.807) is 13.2 Å². The Hall–Kier alpha value is -2.11. The number of hydrogen-bond acceptors (Lipinski definition) is 8. The normalized spacial score (nSPS) is 9.83. The fourth-order valence-electron chi connectivity index (χ4n) is 1.42. The lowest BCUT2D eigenvalue weighted by Crippen LogP contribution is -2.29. The van der Waals surface area contributed by atoms with Crippen molar-refractivity contribution in [2.45, 2.75) is 6.42 Å². The van der Waals surface area contributed by atoms with Crippen LogP contribution >= 0.6 is 0 Å². The van der Waals surface area contributed by atoms with E-state index in [-0.39, 0.29) is 5.95 Å². The van der Waals surface area contributed by atoms with Crippen molar-refractivity contribution in [2.75, 3.05) is 42.9 Å². The zero-order chi connectivity index (χ0) is 13.4. The monoisotopic (exact) mass is 251 g/mol. The second-order valence-electron chi connectivity index (χ2n) is 3.50. The van der Waals surface area contributed by atoms with Gasteiger partial charge in [0.05, 0.1) is 19.1 Å². The molecule has 1 aromatic rings. The molecule has 0 spiro atoms. The molecule has 98 valence electrons. The summed E-state index contributed by atoms with van der Waals surface area (Å²) in [6, 6.07) is 3.76. The van der Waals surface area contributed by atoms with Crippen molar-refractivity contribution >= 4 is 17.6 Å². The summed E-state index contributed by atoms with van der Waals surface area (Å²) in [4.78, 5) is 9.92. The number of ether oxygens (including phenoxy) is 1. The maximum absolute atomic E-state index is 8.65. The fourth-order valence-corrected chi connectivity index (χ4v) is 1.42. The second kappa shape index (κ2) is 7.26. The highest BCUT2D eigenvalue weighted by Gasteiger charge is 2.10. The van der Waals surface area contributed by atoms with Gasteiger partial charge >= 0.3 is 0 Å². The number of nitrogens with zero attached hydrogens (tertiary/aromatic N) is 4. The molecule has 1 aromatic heterocycles. The first-order valence-corrected chi connectivity index (χ1v) is 5.43. The maximum Gasteiger partial charge on any atom is 0.223 e. The van der Waals surface area contributed by atoms with Crippen LogP contribution in [0.1, 0.15) is 6.42 Å². The van der Waals surface area contributed by atoms with Crippen molar-refractivity contribution in [3.8, 4) is 6.07 Å². The summed E-state index contributed by atoms with van der Waals surface area (Å²) in [6.45, 7) is 1.68. The Morgan fingerprint density at radius 1 is 1.50 bits per heavy atom. The molecule has 0 amide bonds. The summed E-state index contributed by atoms with van der Waals surface area (Å²) in [5, 5.41) is 8.65. The zero-order valence-electron chi connectivity index (χ0n) is 10.3. The summed E-state index contributed by atoms with van der Waals surface area (Å²) in [7, 11) is 1.61. The van der Waals surface area contributed by atoms with E-state index in [1.165, 1.54) is 0 Å². The van der Waals surface area contributed by atoms with Crippen LogP contribution in [0.2, 0.25) is 0 Å². The minimum atomic E-state index is 0.125. The van der Waals surface area contributed by atoms with Gasteiger partial charge in [0.1, 0.15) is 11.6 Å². The number of hydrazine groups is 1. The van der Waals surface area contributed by atoms with Gasteiger partial charge in [0.15, 0.2) is 0 Å². The highest BCUT2D eigenvalue weighted by molar-refractivity contribution is 5.52. The predicted octanol–water partition coefficient (Wildman–Crippen LogP) is -0.289. The smallest absolute Gasteiger partial charge is 0.223 e. The molecule has 0 bridgehead atoms. The summed E-state index contributed by atoms with van der Waals surface area (Å²) < 4.78 is 5.02. The lowest BCUT2D eigenvalue weighted by atomic mass is 10.3. The maximum atomic E-state index is 8.65. The van der Waals surface area contributed by atoms with Gasteiger partial charge in [-0.2, -0.15) is 15.2 Å². The molecule has 8 heteroatoms. The molecule has 5 N–H and O–H groups in total. The lowest BCUT2D eigenvalue weighted by molar-refractivity contribution is 0.205. The molecule has 0 fully saturated rings. The number of methoxy groups -OCH3 is 1. The molecule has 0 radical (unpaired) electrons. The summed E-state index contributed by atoms with van der Waals surface area (Å²) in [6.07, 6.45) is 0.388. The number of nitrogens with two attached hydrogens (primary N) is 2. The topological polar surface area (TPSA) is 126 Å². The van der Waals surface area contributed by atoms with E-state index in [9.17, 15) is 0 Å². The SMILES string of the molecule is COCCN(CCC#N)c1cc(NN)nc(N)n1. The molecule has 0 atom stereocenters. The number of aromatic nitrogens is 2. The number of anilines is 3. The van der Waals surface area contributed by atoms with Crippen LogP contribution in [0.5, 0.6) is 0 Å². The number of rotatable bonds is 7. The van der Waals surface area contributed by atoms with E-state index in [4.69, 9.17) is 21.6 Å². The Morgan fingerprint density at radius 3 is 2.89 bits per heavy atom. The van der Waals surface area contributed by atoms with Crippen LogP contribution in [0.25, 0.3) is 0 Å². The third-order valence-electron chi connectivity index (χ3n) is 2.26. The van der Waals surface area contributed by atoms with Crippen LogP contribution in [0.15, 0.2) is 6.07 Å². The molecular formula is C10H17N7O. The van der Waals surface area contributed by atoms with Crippen molar-refractivity contribution in [2.24, 2.45) is 5.84 Å². The average molecular weight is 251 g/mol. The third kappa shape index (κ3) is 4.04. The highest BCUT2D eigenvalue weighted by atomic mass is 16.5. The Labute approximate surface area is 106 Å². The standard InChI is InChI=1S/C10H17N7O/c1-18-6-5-17(4-2-3-11)9-7-8(16-13)14-10(12)15-9/h7H,2,4-6,13H2,1H3,(H3,12,14,15,16). The fraction of sp³-hybridized carbons (Fsp3) is 0.500. The molecule has 0 unspecified atom stereocenters. The third-order valence-corrected chi connectivity index (χ3v) is 2.26. The van der Waals surface area contributed by atoms with E-state index in [0.29, 0.717) is 37.8 Å². The molecule has 0 saturated heterocycles. The van der Waals surface area contributed by atoms with E-state index in [1.807, 2.05) is 4.90 Å². The molecule has 1 heterocycles. The average Bonchev–Trinajstić information content (AvgIpc) is 2.38. The number of hydrogen-bond donors (Lipinski definition) is 3. The van der Waals surface area contributed by atoms with Gasteiger partial charge in [-0.1, -0.05) is 0 Å². The molecule has 0 saturated carbocycles. The first-order valence-electron chi connectivity index (χ1n) is 5.43. The van der Waals surface area contributed by atoms with Gasteiger partial charge in [0.25, 0.3) is 0 Å². The first kappa shape index (κ1) is 14.0. The summed E-state index contributed by atoms with van der Waals surface area (Å²) >= 11 is 0. The minimum Gasteiger partial charge on any atom is -0.383 e. The summed E-state index contributed by atoms with van der Waals surface area (Å²) in [5.74, 6) is 6.46. The van der Waals surface area contributed by atoms with E-state index in [2.05, 4.69) is 21.5 Å². The van der Waals surface area contributed by atoms with Gasteiger partial charge in [-0.15, -0.1) is 0 Å². The van der Waals surface area contributed by atoms with Crippen molar-refractivity contribution < 1.29 is 4.74 Å². The van der Waals surface area contributed by atoms with Gasteiger partial charge in [0.2, 0.25) is 5.95 Å². The first-order chi connectivity index (χ1) is 8.71. The molecular weight excluding hydrogens is 234 g/mol.